The minimum absolute atomic E-state index is 0.0665. The lowest BCUT2D eigenvalue weighted by Crippen LogP contribution is -2.33. The molecule has 0 saturated carbocycles. The number of rotatable bonds is 7. The average molecular weight is 418 g/mol. The van der Waals surface area contributed by atoms with Crippen molar-refractivity contribution in [3.8, 4) is 5.75 Å². The summed E-state index contributed by atoms with van der Waals surface area (Å²) in [5.74, 6) is 0.0584. The lowest BCUT2D eigenvalue weighted by atomic mass is 10.1. The van der Waals surface area contributed by atoms with Gasteiger partial charge in [0, 0.05) is 31.9 Å². The van der Waals surface area contributed by atoms with Crippen LogP contribution in [0.2, 0.25) is 0 Å². The van der Waals surface area contributed by atoms with Gasteiger partial charge in [-0.2, -0.15) is 5.10 Å². The Morgan fingerprint density at radius 3 is 2.74 bits per heavy atom. The minimum Gasteiger partial charge on any atom is -0.495 e. The van der Waals surface area contributed by atoms with Gasteiger partial charge in [-0.1, -0.05) is 30.3 Å². The molecule has 1 aliphatic heterocycles. The molecule has 1 aromatic heterocycles. The summed E-state index contributed by atoms with van der Waals surface area (Å²) in [6, 6.07) is 15.6. The highest BCUT2D eigenvalue weighted by Gasteiger charge is 2.36. The van der Waals surface area contributed by atoms with E-state index in [0.29, 0.717) is 31.1 Å². The van der Waals surface area contributed by atoms with E-state index in [9.17, 15) is 9.59 Å². The minimum atomic E-state index is -0.393. The molecule has 1 aliphatic rings. The normalized spacial score (nSPS) is 15.9. The Bertz CT molecular complexity index is 1080. The van der Waals surface area contributed by atoms with Crippen LogP contribution >= 0.6 is 0 Å². The van der Waals surface area contributed by atoms with Crippen LogP contribution in [0.3, 0.4) is 0 Å². The number of aromatic nitrogens is 2. The molecule has 4 rings (SSSR count). The Hall–Kier alpha value is -3.61. The van der Waals surface area contributed by atoms with Gasteiger partial charge in [0.05, 0.1) is 25.3 Å². The molecular weight excluding hydrogens is 392 g/mol. The first-order valence-electron chi connectivity index (χ1n) is 10.3. The van der Waals surface area contributed by atoms with E-state index in [1.54, 1.807) is 18.2 Å². The van der Waals surface area contributed by atoms with Gasteiger partial charge in [0.15, 0.2) is 0 Å². The van der Waals surface area contributed by atoms with Gasteiger partial charge in [-0.15, -0.1) is 0 Å². The zero-order chi connectivity index (χ0) is 21.8. The molecule has 1 N–H and O–H groups in total. The number of nitrogens with zero attached hydrogens (tertiary/aromatic N) is 3. The monoisotopic (exact) mass is 418 g/mol. The molecule has 1 saturated heterocycles. The molecule has 0 bridgehead atoms. The third kappa shape index (κ3) is 4.60. The van der Waals surface area contributed by atoms with Crippen molar-refractivity contribution < 1.29 is 14.3 Å². The number of methoxy groups -OCH3 is 1. The number of carbonyl (C=O) groups is 2. The fourth-order valence-electron chi connectivity index (χ4n) is 3.91. The molecule has 7 nitrogen and oxygen atoms in total. The largest absolute Gasteiger partial charge is 0.495 e. The lowest BCUT2D eigenvalue weighted by molar-refractivity contribution is -0.126. The fourth-order valence-corrected chi connectivity index (χ4v) is 3.91. The van der Waals surface area contributed by atoms with Crippen LogP contribution in [0.15, 0.2) is 60.9 Å². The summed E-state index contributed by atoms with van der Waals surface area (Å²) in [6.45, 7) is 3.37. The van der Waals surface area contributed by atoms with Gasteiger partial charge in [-0.25, -0.2) is 0 Å². The molecule has 1 atom stereocenters. The second kappa shape index (κ2) is 9.04. The van der Waals surface area contributed by atoms with E-state index in [1.807, 2.05) is 66.3 Å². The van der Waals surface area contributed by atoms with Crippen molar-refractivity contribution in [3.63, 3.8) is 0 Å². The zero-order valence-corrected chi connectivity index (χ0v) is 17.7. The molecule has 3 aromatic rings. The van der Waals surface area contributed by atoms with Crippen LogP contribution in [0.25, 0.3) is 0 Å². The van der Waals surface area contributed by atoms with E-state index in [0.717, 1.165) is 16.7 Å². The van der Waals surface area contributed by atoms with Gasteiger partial charge < -0.3 is 15.0 Å². The van der Waals surface area contributed by atoms with Gasteiger partial charge in [0.1, 0.15) is 5.75 Å². The smallest absolute Gasteiger partial charge is 0.227 e. The zero-order valence-electron chi connectivity index (χ0n) is 17.7. The number of anilines is 1. The van der Waals surface area contributed by atoms with Crippen LogP contribution in [-0.2, 0) is 22.7 Å². The third-order valence-electron chi connectivity index (χ3n) is 5.58. The Kier molecular flexibility index (Phi) is 6.02. The quantitative estimate of drug-likeness (QED) is 0.640. The standard InChI is InChI=1S/C24H26N4O3/c1-17-8-9-22(31-2)21(12-17)28-16-20(13-23(28)29)24(30)25-14-18-6-3-4-7-19(18)15-27-11-5-10-26-27/h3-12,20H,13-16H2,1-2H3,(H,25,30). The van der Waals surface area contributed by atoms with Crippen LogP contribution in [0.4, 0.5) is 5.69 Å². The van der Waals surface area contributed by atoms with Crippen LogP contribution < -0.4 is 15.0 Å². The van der Waals surface area contributed by atoms with Crippen LogP contribution in [0.1, 0.15) is 23.1 Å². The number of carbonyl (C=O) groups excluding carboxylic acids is 2. The molecule has 0 spiro atoms. The number of hydrogen-bond acceptors (Lipinski definition) is 4. The number of hydrogen-bond donors (Lipinski definition) is 1. The van der Waals surface area contributed by atoms with E-state index >= 15 is 0 Å². The molecule has 2 aromatic carbocycles. The van der Waals surface area contributed by atoms with Crippen molar-refractivity contribution in [3.05, 3.63) is 77.6 Å². The first-order valence-corrected chi connectivity index (χ1v) is 10.3. The number of aryl methyl sites for hydroxylation is 1. The molecule has 31 heavy (non-hydrogen) atoms. The van der Waals surface area contributed by atoms with E-state index in [1.165, 1.54) is 0 Å². The van der Waals surface area contributed by atoms with Gasteiger partial charge >= 0.3 is 0 Å². The third-order valence-corrected chi connectivity index (χ3v) is 5.58. The summed E-state index contributed by atoms with van der Waals surface area (Å²) in [6.07, 6.45) is 3.85. The highest BCUT2D eigenvalue weighted by Crippen LogP contribution is 2.34. The second-order valence-electron chi connectivity index (χ2n) is 7.77. The van der Waals surface area contributed by atoms with Crippen LogP contribution in [0, 0.1) is 12.8 Å². The summed E-state index contributed by atoms with van der Waals surface area (Å²) in [7, 11) is 1.58. The summed E-state index contributed by atoms with van der Waals surface area (Å²) < 4.78 is 7.27. The van der Waals surface area contributed by atoms with Crippen molar-refractivity contribution >= 4 is 17.5 Å². The van der Waals surface area contributed by atoms with Crippen molar-refractivity contribution in [1.29, 1.82) is 0 Å². The Morgan fingerprint density at radius 2 is 2.00 bits per heavy atom. The highest BCUT2D eigenvalue weighted by molar-refractivity contribution is 6.01. The molecule has 160 valence electrons. The Morgan fingerprint density at radius 1 is 1.19 bits per heavy atom. The summed E-state index contributed by atoms with van der Waals surface area (Å²) in [5.41, 5.74) is 3.88. The predicted octanol–water partition coefficient (Wildman–Crippen LogP) is 2.92. The van der Waals surface area contributed by atoms with Gasteiger partial charge in [-0.3, -0.25) is 14.3 Å². The van der Waals surface area contributed by atoms with Crippen molar-refractivity contribution in [2.45, 2.75) is 26.4 Å². The Balaban J connectivity index is 1.42. The molecule has 2 amide bonds. The molecule has 2 heterocycles. The molecular formula is C24H26N4O3. The van der Waals surface area contributed by atoms with Crippen molar-refractivity contribution in [1.82, 2.24) is 15.1 Å². The molecule has 0 aliphatic carbocycles. The molecule has 0 radical (unpaired) electrons. The van der Waals surface area contributed by atoms with E-state index in [-0.39, 0.29) is 18.2 Å². The number of benzene rings is 2. The summed E-state index contributed by atoms with van der Waals surface area (Å²) >= 11 is 0. The maximum absolute atomic E-state index is 12.9. The van der Waals surface area contributed by atoms with Crippen molar-refractivity contribution in [2.24, 2.45) is 5.92 Å². The Labute approximate surface area is 181 Å². The number of ether oxygens (including phenoxy) is 1. The van der Waals surface area contributed by atoms with E-state index in [4.69, 9.17) is 4.74 Å². The van der Waals surface area contributed by atoms with Gasteiger partial charge in [-0.05, 0) is 41.8 Å². The summed E-state index contributed by atoms with van der Waals surface area (Å²) in [4.78, 5) is 27.2. The topological polar surface area (TPSA) is 76.5 Å². The second-order valence-corrected chi connectivity index (χ2v) is 7.77. The summed E-state index contributed by atoms with van der Waals surface area (Å²) in [5, 5.41) is 7.27. The van der Waals surface area contributed by atoms with Crippen molar-refractivity contribution in [2.75, 3.05) is 18.6 Å². The van der Waals surface area contributed by atoms with Gasteiger partial charge in [0.2, 0.25) is 11.8 Å². The molecule has 1 fully saturated rings. The first-order chi connectivity index (χ1) is 15.0. The molecule has 1 unspecified atom stereocenters. The van der Waals surface area contributed by atoms with Crippen LogP contribution in [0.5, 0.6) is 5.75 Å². The van der Waals surface area contributed by atoms with E-state index < -0.39 is 5.92 Å². The average Bonchev–Trinajstić information content (AvgIpc) is 3.42. The number of nitrogens with one attached hydrogen (secondary N) is 1. The lowest BCUT2D eigenvalue weighted by Gasteiger charge is -2.20. The molecule has 7 heteroatoms. The fraction of sp³-hybridized carbons (Fsp3) is 0.292. The predicted molar refractivity (Wildman–Crippen MR) is 118 cm³/mol. The maximum Gasteiger partial charge on any atom is 0.227 e. The van der Waals surface area contributed by atoms with E-state index in [2.05, 4.69) is 10.4 Å². The van der Waals surface area contributed by atoms with Gasteiger partial charge in [0.25, 0.3) is 0 Å². The van der Waals surface area contributed by atoms with Crippen LogP contribution in [-0.4, -0.2) is 35.2 Å². The first kappa shape index (κ1) is 20.7. The SMILES string of the molecule is COc1ccc(C)cc1N1CC(C(=O)NCc2ccccc2Cn2cccn2)CC1=O. The highest BCUT2D eigenvalue weighted by atomic mass is 16.5. The maximum atomic E-state index is 12.9. The number of amides is 2.